The minimum absolute atomic E-state index is 0.0550. The van der Waals surface area contributed by atoms with Crippen molar-refractivity contribution in [2.24, 2.45) is 5.73 Å². The molecule has 0 radical (unpaired) electrons. The predicted molar refractivity (Wildman–Crippen MR) is 85.1 cm³/mol. The average molecular weight is 310 g/mol. The van der Waals surface area contributed by atoms with Crippen LogP contribution in [0.5, 0.6) is 11.5 Å². The fraction of sp³-hybridized carbons (Fsp3) is 0.250. The zero-order valence-electron chi connectivity index (χ0n) is 11.7. The van der Waals surface area contributed by atoms with Crippen LogP contribution in [0.2, 0.25) is 10.0 Å². The summed E-state index contributed by atoms with van der Waals surface area (Å²) in [5.74, 6) is 1.40. The molecule has 2 nitrogen and oxygen atoms in total. The van der Waals surface area contributed by atoms with Gasteiger partial charge in [-0.05, 0) is 61.7 Å². The topological polar surface area (TPSA) is 35.2 Å². The number of ether oxygens (including phenoxy) is 1. The highest BCUT2D eigenvalue weighted by molar-refractivity contribution is 6.32. The van der Waals surface area contributed by atoms with Crippen molar-refractivity contribution in [1.82, 2.24) is 0 Å². The molecule has 0 aliphatic heterocycles. The molecule has 0 heterocycles. The fourth-order valence-corrected chi connectivity index (χ4v) is 2.61. The molecule has 1 unspecified atom stereocenters. The third-order valence-corrected chi connectivity index (χ3v) is 3.63. The first-order valence-electron chi connectivity index (χ1n) is 6.38. The predicted octanol–water partition coefficient (Wildman–Crippen LogP) is 5.42. The van der Waals surface area contributed by atoms with Crippen LogP contribution in [0.4, 0.5) is 0 Å². The first-order valence-corrected chi connectivity index (χ1v) is 7.13. The second kappa shape index (κ2) is 6.04. The lowest BCUT2D eigenvalue weighted by Gasteiger charge is -2.14. The minimum atomic E-state index is -0.0550. The first-order chi connectivity index (χ1) is 9.38. The molecule has 0 bridgehead atoms. The molecule has 1 atom stereocenters. The van der Waals surface area contributed by atoms with Crippen molar-refractivity contribution in [3.63, 3.8) is 0 Å². The molecule has 2 N–H and O–H groups in total. The third-order valence-electron chi connectivity index (χ3n) is 3.12. The Morgan fingerprint density at radius 2 is 1.65 bits per heavy atom. The molecule has 0 spiro atoms. The van der Waals surface area contributed by atoms with Gasteiger partial charge in [0.15, 0.2) is 0 Å². The molecule has 20 heavy (non-hydrogen) atoms. The number of aryl methyl sites for hydroxylation is 2. The summed E-state index contributed by atoms with van der Waals surface area (Å²) in [5.41, 5.74) is 8.76. The van der Waals surface area contributed by atoms with Gasteiger partial charge < -0.3 is 10.5 Å². The molecule has 0 aromatic heterocycles. The van der Waals surface area contributed by atoms with Crippen molar-refractivity contribution in [2.75, 3.05) is 0 Å². The van der Waals surface area contributed by atoms with E-state index in [0.717, 1.165) is 22.4 Å². The molecule has 0 saturated carbocycles. The lowest BCUT2D eigenvalue weighted by atomic mass is 10.1. The Labute approximate surface area is 129 Å². The highest BCUT2D eigenvalue weighted by Crippen LogP contribution is 2.35. The zero-order chi connectivity index (χ0) is 14.9. The number of rotatable bonds is 3. The molecule has 2 aromatic rings. The van der Waals surface area contributed by atoms with Crippen molar-refractivity contribution in [3.8, 4) is 11.5 Å². The van der Waals surface area contributed by atoms with E-state index in [-0.39, 0.29) is 6.04 Å². The molecule has 0 aliphatic rings. The number of hydrogen-bond acceptors (Lipinski definition) is 2. The van der Waals surface area contributed by atoms with Gasteiger partial charge in [0, 0.05) is 11.1 Å². The number of hydrogen-bond donors (Lipinski definition) is 1. The molecule has 2 rings (SSSR count). The Morgan fingerprint density at radius 3 is 2.15 bits per heavy atom. The maximum atomic E-state index is 6.25. The lowest BCUT2D eigenvalue weighted by Crippen LogP contribution is -2.04. The van der Waals surface area contributed by atoms with Gasteiger partial charge in [-0.3, -0.25) is 0 Å². The summed E-state index contributed by atoms with van der Waals surface area (Å²) in [6, 6.07) is 9.28. The van der Waals surface area contributed by atoms with Gasteiger partial charge in [-0.15, -0.1) is 0 Å². The van der Waals surface area contributed by atoms with Gasteiger partial charge >= 0.3 is 0 Å². The third kappa shape index (κ3) is 3.26. The average Bonchev–Trinajstić information content (AvgIpc) is 2.34. The number of benzene rings is 2. The van der Waals surface area contributed by atoms with Crippen molar-refractivity contribution in [2.45, 2.75) is 26.8 Å². The van der Waals surface area contributed by atoms with Crippen molar-refractivity contribution < 1.29 is 4.74 Å². The van der Waals surface area contributed by atoms with Crippen molar-refractivity contribution in [1.29, 1.82) is 0 Å². The molecule has 106 valence electrons. The van der Waals surface area contributed by atoms with E-state index in [9.17, 15) is 0 Å². The largest absolute Gasteiger partial charge is 0.455 e. The van der Waals surface area contributed by atoms with Crippen LogP contribution < -0.4 is 10.5 Å². The fourth-order valence-electron chi connectivity index (χ4n) is 2.05. The van der Waals surface area contributed by atoms with E-state index < -0.39 is 0 Å². The molecule has 0 aliphatic carbocycles. The van der Waals surface area contributed by atoms with Crippen LogP contribution in [-0.4, -0.2) is 0 Å². The SMILES string of the molecule is Cc1cc(Cl)cc(C)c1Oc1ccc(C(C)N)cc1Cl. The lowest BCUT2D eigenvalue weighted by molar-refractivity contribution is 0.475. The Balaban J connectivity index is 2.36. The van der Waals surface area contributed by atoms with Crippen LogP contribution >= 0.6 is 23.2 Å². The smallest absolute Gasteiger partial charge is 0.146 e. The van der Waals surface area contributed by atoms with Crippen LogP contribution in [0, 0.1) is 13.8 Å². The van der Waals surface area contributed by atoms with Crippen LogP contribution in [0.25, 0.3) is 0 Å². The second-order valence-electron chi connectivity index (χ2n) is 4.95. The summed E-state index contributed by atoms with van der Waals surface area (Å²) < 4.78 is 5.93. The molecule has 0 amide bonds. The van der Waals surface area contributed by atoms with Gasteiger partial charge in [-0.2, -0.15) is 0 Å². The molecular formula is C16H17Cl2NO. The maximum absolute atomic E-state index is 6.25. The quantitative estimate of drug-likeness (QED) is 0.821. The highest BCUT2D eigenvalue weighted by atomic mass is 35.5. The molecule has 0 fully saturated rings. The summed E-state index contributed by atoms with van der Waals surface area (Å²) in [7, 11) is 0. The molecule has 4 heteroatoms. The second-order valence-corrected chi connectivity index (χ2v) is 5.79. The van der Waals surface area contributed by atoms with Gasteiger partial charge in [0.1, 0.15) is 11.5 Å². The van der Waals surface area contributed by atoms with Gasteiger partial charge in [0.05, 0.1) is 5.02 Å². The number of halogens is 2. The molecular weight excluding hydrogens is 293 g/mol. The summed E-state index contributed by atoms with van der Waals surface area (Å²) in [5, 5.41) is 1.25. The molecule has 2 aromatic carbocycles. The van der Waals surface area contributed by atoms with Crippen LogP contribution in [-0.2, 0) is 0 Å². The monoisotopic (exact) mass is 309 g/mol. The summed E-state index contributed by atoms with van der Waals surface area (Å²) in [6.45, 7) is 5.83. The summed E-state index contributed by atoms with van der Waals surface area (Å²) in [4.78, 5) is 0. The van der Waals surface area contributed by atoms with Gasteiger partial charge in [0.2, 0.25) is 0 Å². The number of nitrogens with two attached hydrogens (primary N) is 1. The Bertz CT molecular complexity index is 615. The van der Waals surface area contributed by atoms with E-state index >= 15 is 0 Å². The minimum Gasteiger partial charge on any atom is -0.455 e. The van der Waals surface area contributed by atoms with Gasteiger partial charge in [-0.25, -0.2) is 0 Å². The Morgan fingerprint density at radius 1 is 1.05 bits per heavy atom. The van der Waals surface area contributed by atoms with Gasteiger partial charge in [-0.1, -0.05) is 29.3 Å². The van der Waals surface area contributed by atoms with E-state index in [2.05, 4.69) is 0 Å². The summed E-state index contributed by atoms with van der Waals surface area (Å²) in [6.07, 6.45) is 0. The highest BCUT2D eigenvalue weighted by Gasteiger charge is 2.11. The van der Waals surface area contributed by atoms with Gasteiger partial charge in [0.25, 0.3) is 0 Å². The Hall–Kier alpha value is -1.22. The zero-order valence-corrected chi connectivity index (χ0v) is 13.2. The van der Waals surface area contributed by atoms with E-state index in [0.29, 0.717) is 15.8 Å². The van der Waals surface area contributed by atoms with Crippen molar-refractivity contribution >= 4 is 23.2 Å². The summed E-state index contributed by atoms with van der Waals surface area (Å²) >= 11 is 12.3. The van der Waals surface area contributed by atoms with E-state index in [1.807, 2.05) is 51.1 Å². The first kappa shape index (κ1) is 15.2. The van der Waals surface area contributed by atoms with Crippen molar-refractivity contribution in [3.05, 3.63) is 57.1 Å². The standard InChI is InChI=1S/C16H17Cl2NO/c1-9-6-13(17)7-10(2)16(9)20-15-5-4-12(11(3)19)8-14(15)18/h4-8,11H,19H2,1-3H3. The maximum Gasteiger partial charge on any atom is 0.146 e. The normalized spacial score (nSPS) is 12.3. The van der Waals surface area contributed by atoms with E-state index in [1.165, 1.54) is 0 Å². The van der Waals surface area contributed by atoms with Crippen LogP contribution in [0.3, 0.4) is 0 Å². The van der Waals surface area contributed by atoms with Crippen LogP contribution in [0.15, 0.2) is 30.3 Å². The van der Waals surface area contributed by atoms with Crippen LogP contribution in [0.1, 0.15) is 29.7 Å². The molecule has 0 saturated heterocycles. The van der Waals surface area contributed by atoms with E-state index in [4.69, 9.17) is 33.7 Å². The van der Waals surface area contributed by atoms with E-state index in [1.54, 1.807) is 0 Å². The Kier molecular flexibility index (Phi) is 4.59.